The van der Waals surface area contributed by atoms with Gasteiger partial charge in [0.15, 0.2) is 5.96 Å². The molecule has 28 heavy (non-hydrogen) atoms. The van der Waals surface area contributed by atoms with Crippen LogP contribution in [-0.2, 0) is 17.8 Å². The van der Waals surface area contributed by atoms with Crippen LogP contribution in [0.15, 0.2) is 35.5 Å². The molecule has 8 heteroatoms. The summed E-state index contributed by atoms with van der Waals surface area (Å²) in [5.41, 5.74) is 2.21. The van der Waals surface area contributed by atoms with Gasteiger partial charge in [0, 0.05) is 49.4 Å². The van der Waals surface area contributed by atoms with Crippen molar-refractivity contribution in [2.45, 2.75) is 26.8 Å². The lowest BCUT2D eigenvalue weighted by molar-refractivity contribution is -0.120. The Morgan fingerprint density at radius 2 is 2.14 bits per heavy atom. The number of hydrogen-bond acceptors (Lipinski definition) is 5. The summed E-state index contributed by atoms with van der Waals surface area (Å²) in [6.07, 6.45) is 2.81. The van der Waals surface area contributed by atoms with Crippen molar-refractivity contribution in [3.63, 3.8) is 0 Å². The fraction of sp³-hybridized carbons (Fsp3) is 0.450. The highest BCUT2D eigenvalue weighted by molar-refractivity contribution is 7.11. The van der Waals surface area contributed by atoms with Crippen LogP contribution in [0.1, 0.15) is 22.4 Å². The van der Waals surface area contributed by atoms with Crippen LogP contribution in [0.4, 0.5) is 5.69 Å². The van der Waals surface area contributed by atoms with Crippen LogP contribution in [-0.4, -0.2) is 49.6 Å². The molecule has 0 radical (unpaired) electrons. The maximum atomic E-state index is 11.5. The van der Waals surface area contributed by atoms with E-state index < -0.39 is 0 Å². The average Bonchev–Trinajstić information content (AvgIpc) is 3.11. The van der Waals surface area contributed by atoms with Gasteiger partial charge in [-0.25, -0.2) is 9.98 Å². The number of piperazine rings is 1. The van der Waals surface area contributed by atoms with Crippen LogP contribution in [0, 0.1) is 6.92 Å². The number of aromatic nitrogens is 1. The predicted octanol–water partition coefficient (Wildman–Crippen LogP) is 1.69. The second-order valence-electron chi connectivity index (χ2n) is 6.67. The van der Waals surface area contributed by atoms with Crippen molar-refractivity contribution < 1.29 is 4.79 Å². The second-order valence-corrected chi connectivity index (χ2v) is 7.99. The molecule has 2 heterocycles. The Hall–Kier alpha value is -2.61. The summed E-state index contributed by atoms with van der Waals surface area (Å²) < 4.78 is 0. The number of hydrogen-bond donors (Lipinski definition) is 3. The van der Waals surface area contributed by atoms with Crippen LogP contribution in [0.3, 0.4) is 0 Å². The van der Waals surface area contributed by atoms with Crippen molar-refractivity contribution in [1.82, 2.24) is 20.9 Å². The minimum Gasteiger partial charge on any atom is -0.360 e. The van der Waals surface area contributed by atoms with Crippen molar-refractivity contribution >= 4 is 28.9 Å². The van der Waals surface area contributed by atoms with Gasteiger partial charge in [-0.2, -0.15) is 0 Å². The second kappa shape index (κ2) is 10.1. The van der Waals surface area contributed by atoms with Crippen LogP contribution < -0.4 is 20.9 Å². The standard InChI is InChI=1S/C20H28N6OS/c1-3-21-20(23-9-8-19-24-12-15(2)28-19)25-13-16-4-6-17(7-5-16)26-11-10-22-18(27)14-26/h4-7,12H,3,8-11,13-14H2,1-2H3,(H,22,27)(H2,21,23,25). The monoisotopic (exact) mass is 400 g/mol. The number of benzene rings is 1. The Morgan fingerprint density at radius 1 is 1.32 bits per heavy atom. The zero-order valence-electron chi connectivity index (χ0n) is 16.5. The minimum absolute atomic E-state index is 0.0780. The molecule has 0 bridgehead atoms. The van der Waals surface area contributed by atoms with E-state index in [2.05, 4.69) is 68.9 Å². The lowest BCUT2D eigenvalue weighted by Crippen LogP contribution is -2.47. The summed E-state index contributed by atoms with van der Waals surface area (Å²) in [4.78, 5) is 23.9. The summed E-state index contributed by atoms with van der Waals surface area (Å²) in [5.74, 6) is 0.891. The molecule has 150 valence electrons. The zero-order valence-corrected chi connectivity index (χ0v) is 17.3. The van der Waals surface area contributed by atoms with Crippen LogP contribution in [0.5, 0.6) is 0 Å². The minimum atomic E-state index is 0.0780. The number of guanidine groups is 1. The number of nitrogens with one attached hydrogen (secondary N) is 3. The first kappa shape index (κ1) is 20.1. The Labute approximate surface area is 170 Å². The van der Waals surface area contributed by atoms with Gasteiger partial charge in [-0.15, -0.1) is 11.3 Å². The number of aryl methyl sites for hydroxylation is 1. The highest BCUT2D eigenvalue weighted by Crippen LogP contribution is 2.16. The maximum Gasteiger partial charge on any atom is 0.239 e. The number of aliphatic imine (C=N–C) groups is 1. The van der Waals surface area contributed by atoms with Crippen LogP contribution in [0.2, 0.25) is 0 Å². The highest BCUT2D eigenvalue weighted by atomic mass is 32.1. The first-order valence-corrected chi connectivity index (χ1v) is 10.5. The molecule has 3 rings (SSSR count). The number of thiazole rings is 1. The van der Waals surface area contributed by atoms with Crippen molar-refractivity contribution in [2.75, 3.05) is 37.6 Å². The third kappa shape index (κ3) is 5.95. The molecule has 7 nitrogen and oxygen atoms in total. The lowest BCUT2D eigenvalue weighted by Gasteiger charge is -2.28. The van der Waals surface area contributed by atoms with E-state index in [9.17, 15) is 4.79 Å². The third-order valence-electron chi connectivity index (χ3n) is 4.40. The SMILES string of the molecule is CCNC(=NCc1ccc(N2CCNC(=O)C2)cc1)NCCc1ncc(C)s1. The Kier molecular flexibility index (Phi) is 7.25. The first-order chi connectivity index (χ1) is 13.6. The number of carbonyl (C=O) groups excluding carboxylic acids is 1. The average molecular weight is 401 g/mol. The van der Waals surface area contributed by atoms with Gasteiger partial charge in [0.05, 0.1) is 18.1 Å². The summed E-state index contributed by atoms with van der Waals surface area (Å²) >= 11 is 1.74. The number of rotatable bonds is 7. The molecule has 2 aromatic rings. The molecule has 0 aliphatic carbocycles. The number of anilines is 1. The van der Waals surface area contributed by atoms with E-state index in [1.54, 1.807) is 11.3 Å². The van der Waals surface area contributed by atoms with Crippen molar-refractivity contribution in [1.29, 1.82) is 0 Å². The molecule has 0 unspecified atom stereocenters. The molecule has 1 fully saturated rings. The summed E-state index contributed by atoms with van der Waals surface area (Å²) in [5, 5.41) is 10.6. The molecular weight excluding hydrogens is 372 g/mol. The maximum absolute atomic E-state index is 11.5. The van der Waals surface area contributed by atoms with Crippen molar-refractivity contribution in [3.05, 3.63) is 45.9 Å². The predicted molar refractivity (Wildman–Crippen MR) is 115 cm³/mol. The molecule has 1 amide bonds. The van der Waals surface area contributed by atoms with Crippen molar-refractivity contribution in [3.8, 4) is 0 Å². The molecule has 1 aromatic heterocycles. The van der Waals surface area contributed by atoms with E-state index in [1.165, 1.54) is 4.88 Å². The largest absolute Gasteiger partial charge is 0.360 e. The van der Waals surface area contributed by atoms with Crippen molar-refractivity contribution in [2.24, 2.45) is 4.99 Å². The number of carbonyl (C=O) groups is 1. The Balaban J connectivity index is 1.52. The normalized spacial score (nSPS) is 14.7. The van der Waals surface area contributed by atoms with Gasteiger partial charge in [-0.05, 0) is 31.5 Å². The Morgan fingerprint density at radius 3 is 2.82 bits per heavy atom. The topological polar surface area (TPSA) is 81.7 Å². The van der Waals surface area contributed by atoms with E-state index >= 15 is 0 Å². The van der Waals surface area contributed by atoms with Gasteiger partial charge in [-0.3, -0.25) is 4.79 Å². The molecule has 0 atom stereocenters. The van der Waals surface area contributed by atoms with Gasteiger partial charge >= 0.3 is 0 Å². The van der Waals surface area contributed by atoms with E-state index in [0.29, 0.717) is 19.6 Å². The van der Waals surface area contributed by atoms with E-state index in [1.807, 2.05) is 6.20 Å². The van der Waals surface area contributed by atoms with Gasteiger partial charge in [0.25, 0.3) is 0 Å². The smallest absolute Gasteiger partial charge is 0.239 e. The molecule has 1 saturated heterocycles. The molecule has 0 spiro atoms. The summed E-state index contributed by atoms with van der Waals surface area (Å²) in [6, 6.07) is 8.28. The lowest BCUT2D eigenvalue weighted by atomic mass is 10.2. The van der Waals surface area contributed by atoms with E-state index in [0.717, 1.165) is 48.3 Å². The molecule has 0 saturated carbocycles. The van der Waals surface area contributed by atoms with E-state index in [4.69, 9.17) is 0 Å². The van der Waals surface area contributed by atoms with Crippen LogP contribution in [0.25, 0.3) is 0 Å². The molecule has 1 aromatic carbocycles. The molecule has 1 aliphatic rings. The van der Waals surface area contributed by atoms with Gasteiger partial charge in [0.2, 0.25) is 5.91 Å². The zero-order chi connectivity index (χ0) is 19.8. The van der Waals surface area contributed by atoms with Gasteiger partial charge < -0.3 is 20.9 Å². The number of nitrogens with zero attached hydrogens (tertiary/aromatic N) is 3. The first-order valence-electron chi connectivity index (χ1n) is 9.68. The number of amides is 1. The summed E-state index contributed by atoms with van der Waals surface area (Å²) in [6.45, 7) is 8.32. The molecule has 3 N–H and O–H groups in total. The molecular formula is C20H28N6OS. The summed E-state index contributed by atoms with van der Waals surface area (Å²) in [7, 11) is 0. The fourth-order valence-corrected chi connectivity index (χ4v) is 3.77. The Bertz CT molecular complexity index is 801. The van der Waals surface area contributed by atoms with Gasteiger partial charge in [-0.1, -0.05) is 12.1 Å². The van der Waals surface area contributed by atoms with E-state index in [-0.39, 0.29) is 5.91 Å². The molecule has 1 aliphatic heterocycles. The fourth-order valence-electron chi connectivity index (χ4n) is 2.99. The third-order valence-corrected chi connectivity index (χ3v) is 5.38. The van der Waals surface area contributed by atoms with Crippen LogP contribution >= 0.6 is 11.3 Å². The highest BCUT2D eigenvalue weighted by Gasteiger charge is 2.16. The van der Waals surface area contributed by atoms with Gasteiger partial charge in [0.1, 0.15) is 0 Å². The quantitative estimate of drug-likeness (QED) is 0.487.